The van der Waals surface area contributed by atoms with E-state index in [2.05, 4.69) is 39.0 Å². The fourth-order valence-electron chi connectivity index (χ4n) is 6.92. The maximum atomic E-state index is 10.1. The van der Waals surface area contributed by atoms with Crippen LogP contribution >= 0.6 is 0 Å². The first-order chi connectivity index (χ1) is 24.6. The van der Waals surface area contributed by atoms with Gasteiger partial charge in [-0.1, -0.05) is 162 Å². The Morgan fingerprint density at radius 3 is 1.46 bits per heavy atom. The summed E-state index contributed by atoms with van der Waals surface area (Å²) in [5.41, 5.74) is 2.19. The van der Waals surface area contributed by atoms with Crippen LogP contribution in [-0.4, -0.2) is 24.8 Å². The van der Waals surface area contributed by atoms with Gasteiger partial charge in [0.15, 0.2) is 11.5 Å². The molecule has 5 heteroatoms. The van der Waals surface area contributed by atoms with Crippen LogP contribution in [0.3, 0.4) is 0 Å². The average molecular weight is 687 g/mol. The third kappa shape index (κ3) is 14.7. The summed E-state index contributed by atoms with van der Waals surface area (Å²) >= 11 is 0. The van der Waals surface area contributed by atoms with Gasteiger partial charge in [-0.3, -0.25) is 4.98 Å². The number of pyridine rings is 1. The SMILES string of the molecule is CCCCCCCCCCOc1cc2cc(C#N)c3nc(C)ccc3c2c(OCCCCCCCCCC)c1OCCCCCCCCCC. The van der Waals surface area contributed by atoms with Crippen molar-refractivity contribution in [3.05, 3.63) is 35.5 Å². The van der Waals surface area contributed by atoms with Gasteiger partial charge in [-0.2, -0.15) is 5.26 Å². The number of hydrogen-bond acceptors (Lipinski definition) is 5. The average Bonchev–Trinajstić information content (AvgIpc) is 3.12. The van der Waals surface area contributed by atoms with Crippen molar-refractivity contribution in [2.45, 2.75) is 182 Å². The molecule has 3 aromatic rings. The Hall–Kier alpha value is -3.00. The summed E-state index contributed by atoms with van der Waals surface area (Å²) in [6.07, 6.45) is 30.1. The second kappa shape index (κ2) is 25.9. The molecule has 0 saturated carbocycles. The molecule has 0 atom stereocenters. The van der Waals surface area contributed by atoms with Crippen LogP contribution in [0.1, 0.15) is 186 Å². The molecule has 3 rings (SSSR count). The van der Waals surface area contributed by atoms with E-state index in [-0.39, 0.29) is 0 Å². The maximum absolute atomic E-state index is 10.1. The topological polar surface area (TPSA) is 64.4 Å². The van der Waals surface area contributed by atoms with Crippen LogP contribution in [-0.2, 0) is 0 Å². The maximum Gasteiger partial charge on any atom is 0.204 e. The molecule has 0 saturated heterocycles. The fraction of sp³-hybridized carbons (Fsp3) is 0.689. The van der Waals surface area contributed by atoms with Gasteiger partial charge in [-0.05, 0) is 49.8 Å². The Morgan fingerprint density at radius 2 is 0.980 bits per heavy atom. The third-order valence-electron chi connectivity index (χ3n) is 9.96. The highest BCUT2D eigenvalue weighted by atomic mass is 16.5. The van der Waals surface area contributed by atoms with Crippen molar-refractivity contribution in [1.82, 2.24) is 4.98 Å². The van der Waals surface area contributed by atoms with E-state index in [1.807, 2.05) is 19.1 Å². The molecule has 5 nitrogen and oxygen atoms in total. The second-order valence-electron chi connectivity index (χ2n) is 14.5. The van der Waals surface area contributed by atoms with Gasteiger partial charge in [0.25, 0.3) is 0 Å². The molecule has 0 amide bonds. The summed E-state index contributed by atoms with van der Waals surface area (Å²) in [5.74, 6) is 2.19. The van der Waals surface area contributed by atoms with Crippen molar-refractivity contribution in [2.24, 2.45) is 0 Å². The van der Waals surface area contributed by atoms with Crippen LogP contribution in [0.25, 0.3) is 21.7 Å². The molecule has 0 fully saturated rings. The molecule has 0 aliphatic heterocycles. The number of benzene rings is 2. The summed E-state index contributed by atoms with van der Waals surface area (Å²) in [5, 5.41) is 13.0. The van der Waals surface area contributed by atoms with E-state index in [1.54, 1.807) is 0 Å². The number of nitriles is 1. The summed E-state index contributed by atoms with van der Waals surface area (Å²) in [6, 6.07) is 10.6. The normalized spacial score (nSPS) is 11.3. The van der Waals surface area contributed by atoms with Gasteiger partial charge >= 0.3 is 0 Å². The first-order valence-electron chi connectivity index (χ1n) is 20.8. The first kappa shape index (κ1) is 41.4. The molecule has 0 aliphatic carbocycles. The second-order valence-corrected chi connectivity index (χ2v) is 14.5. The molecule has 1 aromatic heterocycles. The van der Waals surface area contributed by atoms with Gasteiger partial charge < -0.3 is 14.2 Å². The van der Waals surface area contributed by atoms with E-state index < -0.39 is 0 Å². The van der Waals surface area contributed by atoms with Crippen LogP contribution < -0.4 is 14.2 Å². The molecule has 0 aliphatic rings. The van der Waals surface area contributed by atoms with Crippen molar-refractivity contribution in [3.63, 3.8) is 0 Å². The van der Waals surface area contributed by atoms with Gasteiger partial charge in [-0.25, -0.2) is 0 Å². The number of hydrogen-bond donors (Lipinski definition) is 0. The van der Waals surface area contributed by atoms with Gasteiger partial charge in [0.2, 0.25) is 5.75 Å². The Kier molecular flexibility index (Phi) is 21.4. The zero-order valence-corrected chi connectivity index (χ0v) is 32.5. The zero-order chi connectivity index (χ0) is 35.7. The van der Waals surface area contributed by atoms with Crippen molar-refractivity contribution in [3.8, 4) is 23.3 Å². The standard InChI is InChI=1S/C45H70N2O3/c1-5-8-11-14-17-20-23-26-31-48-41-35-38-34-39(36-46)43-40(30-29-37(4)47-43)42(38)45(50-33-28-25-22-19-16-13-10-7-3)44(41)49-32-27-24-21-18-15-12-9-6-2/h29-30,34-35H,5-28,31-33H2,1-4H3. The lowest BCUT2D eigenvalue weighted by molar-refractivity contribution is 0.236. The highest BCUT2D eigenvalue weighted by Crippen LogP contribution is 2.47. The number of fused-ring (bicyclic) bond motifs is 3. The Bertz CT molecular complexity index is 1400. The van der Waals surface area contributed by atoms with Gasteiger partial charge in [-0.15, -0.1) is 0 Å². The molecule has 50 heavy (non-hydrogen) atoms. The van der Waals surface area contributed by atoms with E-state index in [9.17, 15) is 5.26 Å². The molecule has 0 unspecified atom stereocenters. The quantitative estimate of drug-likeness (QED) is 0.0516. The van der Waals surface area contributed by atoms with Crippen LogP contribution in [0.2, 0.25) is 0 Å². The minimum absolute atomic E-state index is 0.576. The lowest BCUT2D eigenvalue weighted by Crippen LogP contribution is -2.07. The highest BCUT2D eigenvalue weighted by Gasteiger charge is 2.22. The number of aromatic nitrogens is 1. The van der Waals surface area contributed by atoms with Crippen molar-refractivity contribution in [1.29, 1.82) is 5.26 Å². The van der Waals surface area contributed by atoms with E-state index in [0.29, 0.717) is 31.1 Å². The Morgan fingerprint density at radius 1 is 0.540 bits per heavy atom. The molecule has 0 N–H and O–H groups in total. The van der Waals surface area contributed by atoms with Crippen LogP contribution in [0, 0.1) is 18.3 Å². The number of aryl methyl sites for hydroxylation is 1. The molecule has 278 valence electrons. The highest BCUT2D eigenvalue weighted by molar-refractivity contribution is 6.13. The van der Waals surface area contributed by atoms with Crippen LogP contribution in [0.4, 0.5) is 0 Å². The summed E-state index contributed by atoms with van der Waals surface area (Å²) < 4.78 is 20.0. The number of unbranched alkanes of at least 4 members (excludes halogenated alkanes) is 21. The van der Waals surface area contributed by atoms with Gasteiger partial charge in [0.05, 0.1) is 30.9 Å². The molecular formula is C45H70N2O3. The first-order valence-corrected chi connectivity index (χ1v) is 20.8. The molecule has 2 aromatic carbocycles. The van der Waals surface area contributed by atoms with E-state index in [4.69, 9.17) is 19.2 Å². The predicted molar refractivity (Wildman–Crippen MR) is 213 cm³/mol. The van der Waals surface area contributed by atoms with Crippen LogP contribution in [0.15, 0.2) is 24.3 Å². The summed E-state index contributed by atoms with van der Waals surface area (Å²) in [4.78, 5) is 4.81. The predicted octanol–water partition coefficient (Wildman–Crippen LogP) is 14.1. The molecule has 1 heterocycles. The molecular weight excluding hydrogens is 617 g/mol. The summed E-state index contributed by atoms with van der Waals surface area (Å²) in [6.45, 7) is 10.7. The largest absolute Gasteiger partial charge is 0.490 e. The van der Waals surface area contributed by atoms with E-state index in [1.165, 1.54) is 128 Å². The molecule has 0 bridgehead atoms. The fourth-order valence-corrected chi connectivity index (χ4v) is 6.92. The molecule has 0 spiro atoms. The van der Waals surface area contributed by atoms with Crippen molar-refractivity contribution in [2.75, 3.05) is 19.8 Å². The third-order valence-corrected chi connectivity index (χ3v) is 9.96. The lowest BCUT2D eigenvalue weighted by Gasteiger charge is -2.21. The van der Waals surface area contributed by atoms with Crippen molar-refractivity contribution >= 4 is 21.7 Å². The monoisotopic (exact) mass is 687 g/mol. The van der Waals surface area contributed by atoms with Gasteiger partial charge in [0, 0.05) is 16.5 Å². The van der Waals surface area contributed by atoms with Crippen molar-refractivity contribution < 1.29 is 14.2 Å². The zero-order valence-electron chi connectivity index (χ0n) is 32.5. The lowest BCUT2D eigenvalue weighted by atomic mass is 9.99. The minimum Gasteiger partial charge on any atom is -0.490 e. The summed E-state index contributed by atoms with van der Waals surface area (Å²) in [7, 11) is 0. The molecule has 0 radical (unpaired) electrons. The minimum atomic E-state index is 0.576. The number of nitrogens with zero attached hydrogens (tertiary/aromatic N) is 2. The van der Waals surface area contributed by atoms with Gasteiger partial charge in [0.1, 0.15) is 6.07 Å². The Labute approximate surface area is 305 Å². The Balaban J connectivity index is 1.84. The van der Waals surface area contributed by atoms with E-state index >= 15 is 0 Å². The number of rotatable bonds is 30. The van der Waals surface area contributed by atoms with Crippen LogP contribution in [0.5, 0.6) is 17.2 Å². The smallest absolute Gasteiger partial charge is 0.204 e. The number of ether oxygens (including phenoxy) is 3. The van der Waals surface area contributed by atoms with E-state index in [0.717, 1.165) is 64.6 Å².